The fraction of sp³-hybridized carbons (Fsp3) is 0.235. The van der Waals surface area contributed by atoms with E-state index in [4.69, 9.17) is 4.11 Å². The van der Waals surface area contributed by atoms with E-state index in [2.05, 4.69) is 383 Å². The Morgan fingerprint density at radius 2 is 0.675 bits per heavy atom. The molecule has 0 aliphatic carbocycles. The average Bonchev–Trinajstić information content (AvgIpc) is 1.48. The van der Waals surface area contributed by atoms with E-state index in [0.29, 0.717) is 17.1 Å². The normalized spacial score (nSPS) is 14.7. The number of benzene rings is 15. The van der Waals surface area contributed by atoms with Gasteiger partial charge in [0.05, 0.1) is 72.2 Å². The van der Waals surface area contributed by atoms with Crippen molar-refractivity contribution >= 4 is 123 Å². The molecule has 18 aromatic rings. The third kappa shape index (κ3) is 13.5. The highest BCUT2D eigenvalue weighted by molar-refractivity contribution is 7.00. The van der Waals surface area contributed by atoms with Crippen molar-refractivity contribution in [2.24, 2.45) is 0 Å². The minimum absolute atomic E-state index is 0.170. The molecule has 0 unspecified atom stereocenters. The third-order valence-electron chi connectivity index (χ3n) is 26.5. The minimum Gasteiger partial charge on any atom is -0.310 e. The molecule has 0 spiro atoms. The lowest BCUT2D eigenvalue weighted by Crippen LogP contribution is -2.61. The van der Waals surface area contributed by atoms with E-state index in [1.807, 2.05) is 6.07 Å². The molecule has 0 N–H and O–H groups in total. The van der Waals surface area contributed by atoms with Crippen LogP contribution in [0.15, 0.2) is 303 Å². The second-order valence-corrected chi connectivity index (χ2v) is 42.2. The van der Waals surface area contributed by atoms with Crippen molar-refractivity contribution < 1.29 is 16.4 Å². The van der Waals surface area contributed by atoms with Gasteiger partial charge in [-0.1, -0.05) is 327 Å². The number of hydrogen-bond donors (Lipinski definition) is 0. The maximum absolute atomic E-state index is 12.6. The van der Waals surface area contributed by atoms with Crippen LogP contribution < -0.4 is 26.2 Å². The first-order chi connectivity index (χ1) is 64.8. The van der Waals surface area contributed by atoms with Crippen molar-refractivity contribution in [3.8, 4) is 67.6 Å². The highest BCUT2D eigenvalue weighted by Crippen LogP contribution is 2.55. The van der Waals surface area contributed by atoms with Gasteiger partial charge >= 0.3 is 0 Å². The fourth-order valence-electron chi connectivity index (χ4n) is 19.4. The van der Waals surface area contributed by atoms with Gasteiger partial charge in [0.2, 0.25) is 0 Å². The van der Waals surface area contributed by atoms with Crippen LogP contribution in [0, 0.1) is 11.3 Å². The summed E-state index contributed by atoms with van der Waals surface area (Å²) in [5.41, 5.74) is 24.0. The summed E-state index contributed by atoms with van der Waals surface area (Å²) in [5, 5.41) is 16.6. The molecule has 6 nitrogen and oxygen atoms in total. The second-order valence-electron chi connectivity index (χ2n) is 42.2. The Morgan fingerprint density at radius 1 is 0.270 bits per heavy atom. The maximum Gasteiger partial charge on any atom is 0.252 e. The maximum atomic E-state index is 12.6. The number of nitriles is 1. The van der Waals surface area contributed by atoms with Crippen molar-refractivity contribution in [2.75, 3.05) is 9.80 Å². The van der Waals surface area contributed by atoms with Crippen LogP contribution in [0.25, 0.3) is 127 Å². The van der Waals surface area contributed by atoms with E-state index in [1.54, 1.807) is 12.1 Å². The van der Waals surface area contributed by atoms with Gasteiger partial charge in [0.25, 0.3) is 6.71 Å². The molecule has 126 heavy (non-hydrogen) atoms. The van der Waals surface area contributed by atoms with E-state index in [9.17, 15) is 17.6 Å². The molecule has 20 rings (SSSR count). The Morgan fingerprint density at radius 3 is 1.16 bits per heavy atom. The van der Waals surface area contributed by atoms with Crippen LogP contribution in [0.2, 0.25) is 0 Å². The smallest absolute Gasteiger partial charge is 0.252 e. The first kappa shape index (κ1) is 68.2. The molecular formula is C119H113BN6. The molecule has 0 saturated heterocycles. The average molecular weight is 1650 g/mol. The van der Waals surface area contributed by atoms with E-state index in [-0.39, 0.29) is 76.5 Å². The Balaban J connectivity index is 1.01. The number of para-hydroxylation sites is 1. The molecule has 0 radical (unpaired) electrons. The highest BCUT2D eigenvalue weighted by Gasteiger charge is 2.47. The summed E-state index contributed by atoms with van der Waals surface area (Å²) in [7, 11) is 0. The lowest BCUT2D eigenvalue weighted by Gasteiger charge is -2.45. The number of hydrogen-bond acceptors (Lipinski definition) is 3. The first-order valence-corrected chi connectivity index (χ1v) is 44.2. The van der Waals surface area contributed by atoms with Gasteiger partial charge < -0.3 is 23.5 Å². The van der Waals surface area contributed by atoms with Gasteiger partial charge in [-0.05, 0) is 248 Å². The van der Waals surface area contributed by atoms with Gasteiger partial charge in [0.1, 0.15) is 6.07 Å². The van der Waals surface area contributed by atoms with Crippen LogP contribution in [-0.4, -0.2) is 20.4 Å². The largest absolute Gasteiger partial charge is 0.310 e. The summed E-state index contributed by atoms with van der Waals surface area (Å²) >= 11 is 0. The molecule has 622 valence electrons. The summed E-state index contributed by atoms with van der Waals surface area (Å²) in [5.74, 6) is 0. The zero-order valence-corrected chi connectivity index (χ0v) is 76.2. The van der Waals surface area contributed by atoms with Crippen molar-refractivity contribution in [1.29, 1.82) is 5.26 Å². The Hall–Kier alpha value is -13.1. The van der Waals surface area contributed by atoms with Crippen LogP contribution in [0.4, 0.5) is 34.1 Å². The standard InChI is InChI=1S/C119H113BN6/c1-113(2,3)79-46-54-100-93(62-79)94-63-80(114(4,5)6)47-55-101(94)122(100)87-51-53-98-107(69-87)126(112-91(74-36-27-23-28-37-74)66-85(119(19,20)21)67-92(112)75-38-29-24-30-39-75)109-71-88(124-102-56-48-81(115(7,8)9)64-95(102)96-65-82(116(10,11)12)49-57-103(96)124)70-108-111(109)120(98)97-52-45-76(78-58-83(117(13,14)15)61-84(59-78)118(16,17)18)60-106(97)125(108)105-68-86(50-44-77(105)72-121)123-99-42-32-31-40-90(99)110-89(41-33-43-104(110)123)73-34-25-22-26-35-73/h22-71H,1-21H3/i22D,25D,26D,31D,32D,33D,34D,35D,40D,41D,42D,43D. The van der Waals surface area contributed by atoms with Crippen LogP contribution in [-0.2, 0) is 37.9 Å². The third-order valence-corrected chi connectivity index (χ3v) is 26.5. The molecule has 0 bridgehead atoms. The van der Waals surface area contributed by atoms with Gasteiger partial charge in [-0.15, -0.1) is 0 Å². The van der Waals surface area contributed by atoms with Gasteiger partial charge in [-0.25, -0.2) is 0 Å². The van der Waals surface area contributed by atoms with Crippen molar-refractivity contribution in [2.45, 2.75) is 183 Å². The van der Waals surface area contributed by atoms with Crippen LogP contribution in [0.3, 0.4) is 0 Å². The monoisotopic (exact) mass is 1650 g/mol. The molecule has 0 amide bonds. The number of anilines is 6. The zero-order valence-electron chi connectivity index (χ0n) is 88.2. The van der Waals surface area contributed by atoms with Crippen molar-refractivity contribution in [3.63, 3.8) is 0 Å². The molecule has 3 aromatic heterocycles. The molecule has 7 heteroatoms. The van der Waals surface area contributed by atoms with Crippen LogP contribution in [0.5, 0.6) is 0 Å². The topological polar surface area (TPSA) is 45.1 Å². The second kappa shape index (κ2) is 29.0. The summed E-state index contributed by atoms with van der Waals surface area (Å²) in [6.45, 7) is 46.9. The molecule has 2 aliphatic rings. The van der Waals surface area contributed by atoms with Gasteiger partial charge in [0, 0.05) is 77.6 Å². The van der Waals surface area contributed by atoms with Crippen LogP contribution in [0.1, 0.15) is 206 Å². The van der Waals surface area contributed by atoms with Crippen molar-refractivity contribution in [3.05, 3.63) is 348 Å². The molecule has 15 aromatic carbocycles. The van der Waals surface area contributed by atoms with Gasteiger partial charge in [-0.2, -0.15) is 5.26 Å². The van der Waals surface area contributed by atoms with Crippen LogP contribution >= 0.6 is 0 Å². The lowest BCUT2D eigenvalue weighted by atomic mass is 9.33. The predicted molar refractivity (Wildman–Crippen MR) is 541 cm³/mol. The fourth-order valence-corrected chi connectivity index (χ4v) is 19.4. The Labute approximate surface area is 762 Å². The quantitative estimate of drug-likeness (QED) is 0.135. The minimum atomic E-state index is -0.730. The molecular weight excluding hydrogens is 1520 g/mol. The molecule has 5 heterocycles. The first-order valence-electron chi connectivity index (χ1n) is 50.2. The highest BCUT2D eigenvalue weighted by atomic mass is 15.2. The van der Waals surface area contributed by atoms with Crippen molar-refractivity contribution in [1.82, 2.24) is 13.7 Å². The molecule has 0 fully saturated rings. The SMILES string of the molecule is [2H]c1c([2H])c([2H])c(-c2c([2H])c([2H])c([2H])c3c2c2c([2H])c([2H])c([2H])c([2H])c2n3-c2ccc(C#N)c(N3c4cc(-c5cc(C(C)(C)C)cc(C(C)(C)C)c5)ccc4B4c5ccc(-n6c7ccc(C(C)(C)C)cc7c7cc(C(C)(C)C)ccc76)cc5N(c5c(-c6ccccc6)cc(C(C)(C)C)cc5-c5ccccc5)c5cc(-n6c7ccc(C(C)(C)C)cc7c7cc(C(C)(C)C)ccc76)cc3c54)c2)c([2H])c1[2H]. The summed E-state index contributed by atoms with van der Waals surface area (Å²) in [6.07, 6.45) is 0. The molecule has 0 atom stereocenters. The zero-order chi connectivity index (χ0) is 98.6. The lowest BCUT2D eigenvalue weighted by molar-refractivity contribution is 0.569. The van der Waals surface area contributed by atoms with E-state index >= 15 is 0 Å². The summed E-state index contributed by atoms with van der Waals surface area (Å²) in [4.78, 5) is 4.77. The predicted octanol–water partition coefficient (Wildman–Crippen LogP) is 30.7. The van der Waals surface area contributed by atoms with Gasteiger partial charge in [0.15, 0.2) is 0 Å². The molecule has 2 aliphatic heterocycles. The number of aromatic nitrogens is 3. The summed E-state index contributed by atoms with van der Waals surface area (Å²) < 4.78 is 121. The summed E-state index contributed by atoms with van der Waals surface area (Å²) in [6, 6.07) is 79.5. The van der Waals surface area contributed by atoms with Gasteiger partial charge in [-0.3, -0.25) is 0 Å². The Bertz CT molecular complexity index is 8080. The van der Waals surface area contributed by atoms with E-state index < -0.39 is 84.8 Å². The Kier molecular flexibility index (Phi) is 15.7. The number of fused-ring (bicyclic) bond motifs is 13. The van der Waals surface area contributed by atoms with E-state index in [1.165, 1.54) is 15.7 Å². The number of nitrogens with zero attached hydrogens (tertiary/aromatic N) is 6. The molecule has 0 saturated carbocycles. The van der Waals surface area contributed by atoms with E-state index in [0.717, 1.165) is 150 Å². The number of rotatable bonds is 9.